The molecule has 0 amide bonds. The third-order valence-electron chi connectivity index (χ3n) is 2.46. The number of imidazole rings is 1. The molecule has 1 heterocycles. The standard InChI is InChI=1S/C10H17N3O/c1-3-7(2)10(14)9(11)4-8-5-12-6-13-8/h5-7,9H,3-4,11H2,1-2H3,(H,12,13). The Bertz CT molecular complexity index is 282. The van der Waals surface area contributed by atoms with Crippen LogP contribution in [-0.2, 0) is 11.2 Å². The van der Waals surface area contributed by atoms with Gasteiger partial charge in [-0.05, 0) is 6.42 Å². The topological polar surface area (TPSA) is 71.8 Å². The molecule has 1 rings (SSSR count). The highest BCUT2D eigenvalue weighted by Crippen LogP contribution is 2.07. The number of Topliss-reactive ketones (excluding diaryl/α,β-unsaturated/α-hetero) is 1. The van der Waals surface area contributed by atoms with E-state index in [1.165, 1.54) is 0 Å². The van der Waals surface area contributed by atoms with E-state index >= 15 is 0 Å². The van der Waals surface area contributed by atoms with Gasteiger partial charge in [-0.3, -0.25) is 4.79 Å². The Morgan fingerprint density at radius 3 is 2.93 bits per heavy atom. The van der Waals surface area contributed by atoms with Gasteiger partial charge in [-0.2, -0.15) is 0 Å². The van der Waals surface area contributed by atoms with E-state index in [1.54, 1.807) is 12.5 Å². The Hall–Kier alpha value is -1.16. The van der Waals surface area contributed by atoms with Gasteiger partial charge < -0.3 is 10.7 Å². The first-order valence-corrected chi connectivity index (χ1v) is 4.91. The molecule has 1 aromatic rings. The van der Waals surface area contributed by atoms with E-state index in [1.807, 2.05) is 13.8 Å². The number of carbonyl (C=O) groups excluding carboxylic acids is 1. The number of nitrogens with zero attached hydrogens (tertiary/aromatic N) is 1. The van der Waals surface area contributed by atoms with E-state index in [0.717, 1.165) is 12.1 Å². The lowest BCUT2D eigenvalue weighted by Gasteiger charge is -2.13. The molecule has 0 aromatic carbocycles. The highest BCUT2D eigenvalue weighted by molar-refractivity contribution is 5.85. The van der Waals surface area contributed by atoms with E-state index in [0.29, 0.717) is 6.42 Å². The molecule has 2 unspecified atom stereocenters. The molecule has 2 atom stereocenters. The SMILES string of the molecule is CCC(C)C(=O)C(N)Cc1cnc[nH]1. The molecule has 4 heteroatoms. The van der Waals surface area contributed by atoms with Crippen molar-refractivity contribution in [3.05, 3.63) is 18.2 Å². The molecule has 0 aliphatic carbocycles. The normalized spacial score (nSPS) is 15.1. The number of hydrogen-bond donors (Lipinski definition) is 2. The lowest BCUT2D eigenvalue weighted by Crippen LogP contribution is -2.36. The molecular formula is C10H17N3O. The van der Waals surface area contributed by atoms with Crippen LogP contribution in [0.4, 0.5) is 0 Å². The molecule has 0 saturated carbocycles. The maximum atomic E-state index is 11.6. The molecule has 14 heavy (non-hydrogen) atoms. The minimum absolute atomic E-state index is 0.0490. The summed E-state index contributed by atoms with van der Waals surface area (Å²) in [6, 6.07) is -0.412. The van der Waals surface area contributed by atoms with E-state index in [4.69, 9.17) is 5.73 Å². The fourth-order valence-corrected chi connectivity index (χ4v) is 1.30. The van der Waals surface area contributed by atoms with Gasteiger partial charge >= 0.3 is 0 Å². The summed E-state index contributed by atoms with van der Waals surface area (Å²) in [6.07, 6.45) is 4.68. The van der Waals surface area contributed by atoms with Crippen LogP contribution in [0.5, 0.6) is 0 Å². The molecule has 1 aromatic heterocycles. The van der Waals surface area contributed by atoms with Crippen molar-refractivity contribution in [1.29, 1.82) is 0 Å². The van der Waals surface area contributed by atoms with Crippen molar-refractivity contribution in [3.63, 3.8) is 0 Å². The molecule has 0 aliphatic rings. The summed E-state index contributed by atoms with van der Waals surface area (Å²) in [5.74, 6) is 0.176. The lowest BCUT2D eigenvalue weighted by molar-refractivity contribution is -0.123. The van der Waals surface area contributed by atoms with Gasteiger partial charge in [-0.1, -0.05) is 13.8 Å². The summed E-state index contributed by atoms with van der Waals surface area (Å²) in [5, 5.41) is 0. The third kappa shape index (κ3) is 2.67. The van der Waals surface area contributed by atoms with Crippen LogP contribution in [0.3, 0.4) is 0 Å². The van der Waals surface area contributed by atoms with Crippen LogP contribution in [0.25, 0.3) is 0 Å². The van der Waals surface area contributed by atoms with E-state index in [9.17, 15) is 4.79 Å². The number of aromatic amines is 1. The maximum absolute atomic E-state index is 11.6. The van der Waals surface area contributed by atoms with Crippen molar-refractivity contribution in [2.24, 2.45) is 11.7 Å². The number of carbonyl (C=O) groups is 1. The zero-order valence-corrected chi connectivity index (χ0v) is 8.66. The Morgan fingerprint density at radius 2 is 2.43 bits per heavy atom. The van der Waals surface area contributed by atoms with E-state index < -0.39 is 6.04 Å². The summed E-state index contributed by atoms with van der Waals surface area (Å²) in [4.78, 5) is 18.5. The number of nitrogens with one attached hydrogen (secondary N) is 1. The summed E-state index contributed by atoms with van der Waals surface area (Å²) in [6.45, 7) is 3.90. The van der Waals surface area contributed by atoms with Crippen LogP contribution in [0.1, 0.15) is 26.0 Å². The number of ketones is 1. The van der Waals surface area contributed by atoms with Gasteiger partial charge in [0.05, 0.1) is 12.4 Å². The predicted molar refractivity (Wildman–Crippen MR) is 54.7 cm³/mol. The van der Waals surface area contributed by atoms with Crippen LogP contribution in [-0.4, -0.2) is 21.8 Å². The van der Waals surface area contributed by atoms with Gasteiger partial charge in [-0.15, -0.1) is 0 Å². The molecule has 0 spiro atoms. The summed E-state index contributed by atoms with van der Waals surface area (Å²) in [5.41, 5.74) is 6.70. The lowest BCUT2D eigenvalue weighted by atomic mass is 9.95. The first-order chi connectivity index (χ1) is 6.65. The van der Waals surface area contributed by atoms with Crippen molar-refractivity contribution in [3.8, 4) is 0 Å². The van der Waals surface area contributed by atoms with Gasteiger partial charge in [0.15, 0.2) is 5.78 Å². The average molecular weight is 195 g/mol. The van der Waals surface area contributed by atoms with Gasteiger partial charge in [-0.25, -0.2) is 4.98 Å². The molecule has 0 fully saturated rings. The zero-order valence-electron chi connectivity index (χ0n) is 8.66. The fourth-order valence-electron chi connectivity index (χ4n) is 1.30. The van der Waals surface area contributed by atoms with Crippen molar-refractivity contribution in [2.45, 2.75) is 32.7 Å². The van der Waals surface area contributed by atoms with Gasteiger partial charge in [0.2, 0.25) is 0 Å². The minimum atomic E-state index is -0.412. The van der Waals surface area contributed by atoms with Crippen LogP contribution < -0.4 is 5.73 Å². The van der Waals surface area contributed by atoms with E-state index in [2.05, 4.69) is 9.97 Å². The molecule has 0 aliphatic heterocycles. The molecule has 3 N–H and O–H groups in total. The second kappa shape index (κ2) is 4.91. The number of rotatable bonds is 5. The molecule has 4 nitrogen and oxygen atoms in total. The van der Waals surface area contributed by atoms with E-state index in [-0.39, 0.29) is 11.7 Å². The van der Waals surface area contributed by atoms with Crippen molar-refractivity contribution in [1.82, 2.24) is 9.97 Å². The number of nitrogens with two attached hydrogens (primary N) is 1. The first-order valence-electron chi connectivity index (χ1n) is 4.91. The quantitative estimate of drug-likeness (QED) is 0.733. The highest BCUT2D eigenvalue weighted by Gasteiger charge is 2.19. The van der Waals surface area contributed by atoms with Crippen molar-refractivity contribution < 1.29 is 4.79 Å². The summed E-state index contributed by atoms with van der Waals surface area (Å²) < 4.78 is 0. The van der Waals surface area contributed by atoms with Gasteiger partial charge in [0, 0.05) is 24.2 Å². The highest BCUT2D eigenvalue weighted by atomic mass is 16.1. The first kappa shape index (κ1) is 10.9. The minimum Gasteiger partial charge on any atom is -0.348 e. The molecule has 78 valence electrons. The van der Waals surface area contributed by atoms with Crippen LogP contribution in [0.15, 0.2) is 12.5 Å². The molecule has 0 saturated heterocycles. The molecular weight excluding hydrogens is 178 g/mol. The Morgan fingerprint density at radius 1 is 1.71 bits per heavy atom. The van der Waals surface area contributed by atoms with Crippen molar-refractivity contribution in [2.75, 3.05) is 0 Å². The number of hydrogen-bond acceptors (Lipinski definition) is 3. The smallest absolute Gasteiger partial charge is 0.152 e. The average Bonchev–Trinajstić information content (AvgIpc) is 2.68. The number of H-pyrrole nitrogens is 1. The summed E-state index contributed by atoms with van der Waals surface area (Å²) in [7, 11) is 0. The zero-order chi connectivity index (χ0) is 10.6. The second-order valence-corrected chi connectivity index (χ2v) is 3.60. The van der Waals surface area contributed by atoms with Crippen LogP contribution in [0.2, 0.25) is 0 Å². The largest absolute Gasteiger partial charge is 0.348 e. The molecule has 0 radical (unpaired) electrons. The van der Waals surface area contributed by atoms with Gasteiger partial charge in [0.1, 0.15) is 0 Å². The number of aromatic nitrogens is 2. The monoisotopic (exact) mass is 195 g/mol. The maximum Gasteiger partial charge on any atom is 0.152 e. The Balaban J connectivity index is 2.50. The molecule has 0 bridgehead atoms. The van der Waals surface area contributed by atoms with Crippen LogP contribution in [0, 0.1) is 5.92 Å². The van der Waals surface area contributed by atoms with Crippen LogP contribution >= 0.6 is 0 Å². The van der Waals surface area contributed by atoms with Gasteiger partial charge in [0.25, 0.3) is 0 Å². The second-order valence-electron chi connectivity index (χ2n) is 3.60. The summed E-state index contributed by atoms with van der Waals surface area (Å²) >= 11 is 0. The fraction of sp³-hybridized carbons (Fsp3) is 0.600. The predicted octanol–water partition coefficient (Wildman–Crippen LogP) is 0.895. The Kier molecular flexibility index (Phi) is 3.83. The van der Waals surface area contributed by atoms with Crippen molar-refractivity contribution >= 4 is 5.78 Å². The Labute approximate surface area is 83.9 Å². The third-order valence-corrected chi connectivity index (χ3v) is 2.46.